The molecule has 0 aliphatic rings. The smallest absolute Gasteiger partial charge is 0.343 e. The van der Waals surface area contributed by atoms with Gasteiger partial charge in [0.2, 0.25) is 0 Å². The molecule has 8 heteroatoms. The van der Waals surface area contributed by atoms with Crippen LogP contribution in [0.3, 0.4) is 0 Å². The highest BCUT2D eigenvalue weighted by Gasteiger charge is 2.13. The number of halogens is 2. The first-order chi connectivity index (χ1) is 15.0. The van der Waals surface area contributed by atoms with Crippen molar-refractivity contribution in [2.45, 2.75) is 6.92 Å². The standard InChI is InChI=1S/C23H18BrFN2O4/c1-2-30-21-13-15(14-26-27-22(28)18-5-3-4-6-19(18)24)7-12-20(21)31-23(29)16-8-10-17(25)11-9-16/h3-14H,2H2,1H3,(H,27,28)/b26-14-. The number of hydrogen-bond donors (Lipinski definition) is 1. The van der Waals surface area contributed by atoms with Crippen LogP contribution in [-0.4, -0.2) is 24.7 Å². The van der Waals surface area contributed by atoms with Gasteiger partial charge in [0.1, 0.15) is 5.82 Å². The summed E-state index contributed by atoms with van der Waals surface area (Å²) in [5.74, 6) is -0.895. The van der Waals surface area contributed by atoms with E-state index in [9.17, 15) is 14.0 Å². The van der Waals surface area contributed by atoms with Crippen LogP contribution in [0.1, 0.15) is 33.2 Å². The van der Waals surface area contributed by atoms with Gasteiger partial charge in [-0.25, -0.2) is 14.6 Å². The van der Waals surface area contributed by atoms with E-state index in [-0.39, 0.29) is 17.2 Å². The van der Waals surface area contributed by atoms with Crippen LogP contribution < -0.4 is 14.9 Å². The molecule has 3 aromatic carbocycles. The lowest BCUT2D eigenvalue weighted by atomic mass is 10.2. The summed E-state index contributed by atoms with van der Waals surface area (Å²) in [5.41, 5.74) is 3.75. The molecule has 0 saturated heterocycles. The Morgan fingerprint density at radius 3 is 2.52 bits per heavy atom. The molecule has 0 bridgehead atoms. The van der Waals surface area contributed by atoms with E-state index < -0.39 is 11.8 Å². The molecule has 0 radical (unpaired) electrons. The average molecular weight is 485 g/mol. The Balaban J connectivity index is 1.71. The quantitative estimate of drug-likeness (QED) is 0.222. The van der Waals surface area contributed by atoms with Crippen LogP contribution in [0.15, 0.2) is 76.3 Å². The number of nitrogens with one attached hydrogen (secondary N) is 1. The van der Waals surface area contributed by atoms with Gasteiger partial charge in [-0.3, -0.25) is 4.79 Å². The zero-order valence-corrected chi connectivity index (χ0v) is 18.1. The molecule has 0 atom stereocenters. The predicted octanol–water partition coefficient (Wildman–Crippen LogP) is 4.97. The highest BCUT2D eigenvalue weighted by atomic mass is 79.9. The van der Waals surface area contributed by atoms with Crippen molar-refractivity contribution in [2.24, 2.45) is 5.10 Å². The molecule has 0 aliphatic carbocycles. The predicted molar refractivity (Wildman–Crippen MR) is 118 cm³/mol. The van der Waals surface area contributed by atoms with Gasteiger partial charge in [0, 0.05) is 4.47 Å². The molecular formula is C23H18BrFN2O4. The van der Waals surface area contributed by atoms with Crippen molar-refractivity contribution in [3.63, 3.8) is 0 Å². The van der Waals surface area contributed by atoms with Gasteiger partial charge in [0.05, 0.1) is 23.9 Å². The molecule has 0 heterocycles. The van der Waals surface area contributed by atoms with E-state index in [1.807, 2.05) is 6.07 Å². The molecule has 0 unspecified atom stereocenters. The third kappa shape index (κ3) is 5.99. The summed E-state index contributed by atoms with van der Waals surface area (Å²) in [7, 11) is 0. The molecule has 1 N–H and O–H groups in total. The lowest BCUT2D eigenvalue weighted by Gasteiger charge is -2.11. The van der Waals surface area contributed by atoms with Crippen molar-refractivity contribution in [2.75, 3.05) is 6.61 Å². The van der Waals surface area contributed by atoms with E-state index in [2.05, 4.69) is 26.5 Å². The van der Waals surface area contributed by atoms with Gasteiger partial charge in [-0.05, 0) is 83.0 Å². The number of ether oxygens (including phenoxy) is 2. The summed E-state index contributed by atoms with van der Waals surface area (Å²) in [6.45, 7) is 2.14. The minimum absolute atomic E-state index is 0.212. The molecule has 0 aromatic heterocycles. The molecule has 31 heavy (non-hydrogen) atoms. The Bertz CT molecular complexity index is 1120. The molecule has 0 saturated carbocycles. The number of nitrogens with zero attached hydrogens (tertiary/aromatic N) is 1. The largest absolute Gasteiger partial charge is 0.490 e. The van der Waals surface area contributed by atoms with E-state index in [4.69, 9.17) is 9.47 Å². The van der Waals surface area contributed by atoms with Crippen LogP contribution in [0.25, 0.3) is 0 Å². The fourth-order valence-corrected chi connectivity index (χ4v) is 3.04. The van der Waals surface area contributed by atoms with E-state index in [1.165, 1.54) is 30.5 Å². The average Bonchev–Trinajstić information content (AvgIpc) is 2.76. The summed E-state index contributed by atoms with van der Waals surface area (Å²) >= 11 is 3.32. The topological polar surface area (TPSA) is 77.0 Å². The summed E-state index contributed by atoms with van der Waals surface area (Å²) in [6, 6.07) is 16.9. The van der Waals surface area contributed by atoms with Crippen LogP contribution in [-0.2, 0) is 0 Å². The fourth-order valence-electron chi connectivity index (χ4n) is 2.57. The van der Waals surface area contributed by atoms with Crippen molar-refractivity contribution in [3.8, 4) is 11.5 Å². The first-order valence-corrected chi connectivity index (χ1v) is 10.1. The van der Waals surface area contributed by atoms with Crippen LogP contribution in [0, 0.1) is 5.82 Å². The van der Waals surface area contributed by atoms with E-state index in [0.29, 0.717) is 28.0 Å². The number of benzene rings is 3. The monoisotopic (exact) mass is 484 g/mol. The Hall–Kier alpha value is -3.52. The van der Waals surface area contributed by atoms with Gasteiger partial charge < -0.3 is 9.47 Å². The molecule has 3 aromatic rings. The third-order valence-electron chi connectivity index (χ3n) is 4.05. The first-order valence-electron chi connectivity index (χ1n) is 9.30. The van der Waals surface area contributed by atoms with Gasteiger partial charge in [-0.2, -0.15) is 5.10 Å². The molecule has 158 valence electrons. The van der Waals surface area contributed by atoms with Crippen molar-refractivity contribution < 1.29 is 23.5 Å². The molecule has 0 spiro atoms. The summed E-state index contributed by atoms with van der Waals surface area (Å²) < 4.78 is 24.6. The van der Waals surface area contributed by atoms with Gasteiger partial charge >= 0.3 is 5.97 Å². The molecule has 3 rings (SSSR count). The highest BCUT2D eigenvalue weighted by Crippen LogP contribution is 2.29. The SMILES string of the molecule is CCOc1cc(/C=N\NC(=O)c2ccccc2Br)ccc1OC(=O)c1ccc(F)cc1. The number of carbonyl (C=O) groups is 2. The fraction of sp³-hybridized carbons (Fsp3) is 0.0870. The number of carbonyl (C=O) groups excluding carboxylic acids is 2. The summed E-state index contributed by atoms with van der Waals surface area (Å²) in [4.78, 5) is 24.5. The Labute approximate surface area is 186 Å². The second kappa shape index (κ2) is 10.5. The summed E-state index contributed by atoms with van der Waals surface area (Å²) in [6.07, 6.45) is 1.45. The highest BCUT2D eigenvalue weighted by molar-refractivity contribution is 9.10. The molecule has 0 aliphatic heterocycles. The number of hydrazone groups is 1. The maximum atomic E-state index is 13.0. The van der Waals surface area contributed by atoms with E-state index in [1.54, 1.807) is 43.3 Å². The molecule has 6 nitrogen and oxygen atoms in total. The molecule has 1 amide bonds. The number of hydrogen-bond acceptors (Lipinski definition) is 5. The van der Waals surface area contributed by atoms with Crippen LogP contribution >= 0.6 is 15.9 Å². The third-order valence-corrected chi connectivity index (χ3v) is 4.74. The molecule has 0 fully saturated rings. The Morgan fingerprint density at radius 2 is 1.81 bits per heavy atom. The lowest BCUT2D eigenvalue weighted by molar-refractivity contribution is 0.0728. The second-order valence-corrected chi connectivity index (χ2v) is 7.07. The Kier molecular flexibility index (Phi) is 7.50. The summed E-state index contributed by atoms with van der Waals surface area (Å²) in [5, 5.41) is 3.96. The maximum Gasteiger partial charge on any atom is 0.343 e. The molecular weight excluding hydrogens is 467 g/mol. The van der Waals surface area contributed by atoms with Gasteiger partial charge in [0.15, 0.2) is 11.5 Å². The van der Waals surface area contributed by atoms with Crippen molar-refractivity contribution in [1.29, 1.82) is 0 Å². The van der Waals surface area contributed by atoms with Crippen LogP contribution in [0.4, 0.5) is 4.39 Å². The number of rotatable bonds is 7. The first kappa shape index (κ1) is 22.2. The van der Waals surface area contributed by atoms with Crippen molar-refractivity contribution in [1.82, 2.24) is 5.43 Å². The number of esters is 1. The van der Waals surface area contributed by atoms with Crippen molar-refractivity contribution >= 4 is 34.0 Å². The van der Waals surface area contributed by atoms with E-state index >= 15 is 0 Å². The minimum atomic E-state index is -0.636. The van der Waals surface area contributed by atoms with Gasteiger partial charge in [-0.15, -0.1) is 0 Å². The Morgan fingerprint density at radius 1 is 1.06 bits per heavy atom. The normalized spacial score (nSPS) is 10.7. The van der Waals surface area contributed by atoms with Crippen molar-refractivity contribution in [3.05, 3.63) is 93.7 Å². The minimum Gasteiger partial charge on any atom is -0.490 e. The van der Waals surface area contributed by atoms with Crippen LogP contribution in [0.5, 0.6) is 11.5 Å². The zero-order valence-electron chi connectivity index (χ0n) is 16.5. The van der Waals surface area contributed by atoms with Gasteiger partial charge in [0.25, 0.3) is 5.91 Å². The van der Waals surface area contributed by atoms with Gasteiger partial charge in [-0.1, -0.05) is 12.1 Å². The lowest BCUT2D eigenvalue weighted by Crippen LogP contribution is -2.18. The van der Waals surface area contributed by atoms with E-state index in [0.717, 1.165) is 0 Å². The number of amides is 1. The van der Waals surface area contributed by atoms with Crippen LogP contribution in [0.2, 0.25) is 0 Å². The maximum absolute atomic E-state index is 13.0. The second-order valence-electron chi connectivity index (χ2n) is 6.21. The zero-order chi connectivity index (χ0) is 22.2.